The summed E-state index contributed by atoms with van der Waals surface area (Å²) in [5, 5.41) is 3.62. The van der Waals surface area contributed by atoms with E-state index in [1.807, 2.05) is 0 Å². The van der Waals surface area contributed by atoms with Gasteiger partial charge >= 0.3 is 0 Å². The van der Waals surface area contributed by atoms with Crippen LogP contribution in [0.25, 0.3) is 0 Å². The van der Waals surface area contributed by atoms with Crippen molar-refractivity contribution < 1.29 is 8.42 Å². The highest BCUT2D eigenvalue weighted by molar-refractivity contribution is 7.89. The number of hydrogen-bond donors (Lipinski definition) is 1. The molecule has 0 aromatic heterocycles. The first-order valence-corrected chi connectivity index (χ1v) is 7.46. The third kappa shape index (κ3) is 5.12. The minimum absolute atomic E-state index is 0.00788. The Morgan fingerprint density at radius 2 is 2.12 bits per heavy atom. The fourth-order valence-corrected chi connectivity index (χ4v) is 2.34. The van der Waals surface area contributed by atoms with Gasteiger partial charge in [0.1, 0.15) is 0 Å². The van der Waals surface area contributed by atoms with Gasteiger partial charge in [-0.25, -0.2) is 8.42 Å². The highest BCUT2D eigenvalue weighted by atomic mass is 35.5. The lowest BCUT2D eigenvalue weighted by molar-refractivity contribution is 0.601. The largest absolute Gasteiger partial charge is 0.374 e. The quantitative estimate of drug-likeness (QED) is 0.855. The molecule has 1 rings (SSSR count). The fraction of sp³-hybridized carbons (Fsp3) is 0.333. The average molecular weight is 272 g/mol. The molecule has 0 atom stereocenters. The number of hydrogen-bond acceptors (Lipinski definition) is 3. The molecule has 1 N–H and O–H groups in total. The van der Waals surface area contributed by atoms with Crippen molar-refractivity contribution in [2.75, 3.05) is 18.1 Å². The molecule has 0 heterocycles. The SMILES string of the molecule is CC#CCNc1cc(Cl)ccc1CS(C)(=O)=O. The van der Waals surface area contributed by atoms with E-state index in [2.05, 4.69) is 17.2 Å². The van der Waals surface area contributed by atoms with Crippen molar-refractivity contribution in [1.29, 1.82) is 0 Å². The van der Waals surface area contributed by atoms with Crippen LogP contribution in [0.5, 0.6) is 0 Å². The maximum atomic E-state index is 11.3. The first-order valence-electron chi connectivity index (χ1n) is 5.02. The van der Waals surface area contributed by atoms with Gasteiger partial charge in [0.05, 0.1) is 12.3 Å². The third-order valence-corrected chi connectivity index (χ3v) is 3.10. The molecule has 0 aliphatic carbocycles. The highest BCUT2D eigenvalue weighted by Crippen LogP contribution is 2.22. The molecule has 5 heteroatoms. The lowest BCUT2D eigenvalue weighted by atomic mass is 10.2. The predicted octanol–water partition coefficient (Wildman–Crippen LogP) is 2.32. The van der Waals surface area contributed by atoms with Crippen LogP contribution in [0.3, 0.4) is 0 Å². The maximum absolute atomic E-state index is 11.3. The number of sulfone groups is 1. The van der Waals surface area contributed by atoms with E-state index in [1.54, 1.807) is 25.1 Å². The fourth-order valence-electron chi connectivity index (χ4n) is 1.35. The van der Waals surface area contributed by atoms with E-state index in [1.165, 1.54) is 6.26 Å². The minimum atomic E-state index is -3.06. The summed E-state index contributed by atoms with van der Waals surface area (Å²) in [5.41, 5.74) is 1.42. The number of nitrogens with one attached hydrogen (secondary N) is 1. The standard InChI is InChI=1S/C12H14ClNO2S/c1-3-4-7-14-12-8-11(13)6-5-10(12)9-17(2,15)16/h5-6,8,14H,7,9H2,1-2H3. The van der Waals surface area contributed by atoms with Crippen molar-refractivity contribution in [2.45, 2.75) is 12.7 Å². The lowest BCUT2D eigenvalue weighted by Gasteiger charge is -2.10. The Labute approximate surface area is 107 Å². The van der Waals surface area contributed by atoms with Gasteiger partial charge < -0.3 is 5.32 Å². The molecule has 0 saturated heterocycles. The van der Waals surface area contributed by atoms with Crippen LogP contribution in [0.15, 0.2) is 18.2 Å². The zero-order valence-corrected chi connectivity index (χ0v) is 11.3. The number of benzene rings is 1. The smallest absolute Gasteiger partial charge is 0.151 e. The van der Waals surface area contributed by atoms with Gasteiger partial charge in [-0.1, -0.05) is 23.6 Å². The summed E-state index contributed by atoms with van der Waals surface area (Å²) in [7, 11) is -3.06. The molecular weight excluding hydrogens is 258 g/mol. The minimum Gasteiger partial charge on any atom is -0.374 e. The van der Waals surface area contributed by atoms with Gasteiger partial charge in [0, 0.05) is 17.0 Å². The topological polar surface area (TPSA) is 46.2 Å². The second-order valence-corrected chi connectivity index (χ2v) is 6.23. The Morgan fingerprint density at radius 3 is 2.71 bits per heavy atom. The van der Waals surface area contributed by atoms with Gasteiger partial charge in [-0.05, 0) is 24.6 Å². The molecule has 0 spiro atoms. The molecule has 1 aromatic rings. The molecular formula is C12H14ClNO2S. The zero-order chi connectivity index (χ0) is 12.9. The molecule has 0 aliphatic rings. The Kier molecular flexibility index (Phi) is 4.86. The summed E-state index contributed by atoms with van der Waals surface area (Å²) in [6, 6.07) is 5.10. The van der Waals surface area contributed by atoms with Crippen molar-refractivity contribution in [3.8, 4) is 11.8 Å². The zero-order valence-electron chi connectivity index (χ0n) is 9.75. The van der Waals surface area contributed by atoms with Crippen LogP contribution >= 0.6 is 11.6 Å². The van der Waals surface area contributed by atoms with Crippen LogP contribution in [0.1, 0.15) is 12.5 Å². The van der Waals surface area contributed by atoms with Gasteiger partial charge in [-0.2, -0.15) is 0 Å². The number of rotatable bonds is 4. The third-order valence-electron chi connectivity index (χ3n) is 2.03. The summed E-state index contributed by atoms with van der Waals surface area (Å²) in [6.45, 7) is 2.21. The van der Waals surface area contributed by atoms with Crippen LogP contribution in [-0.4, -0.2) is 21.2 Å². The summed E-state index contributed by atoms with van der Waals surface area (Å²) >= 11 is 5.88. The Hall–Kier alpha value is -1.18. The van der Waals surface area contributed by atoms with Crippen LogP contribution < -0.4 is 5.32 Å². The normalized spacial score (nSPS) is 10.5. The second kappa shape index (κ2) is 5.95. The summed E-state index contributed by atoms with van der Waals surface area (Å²) in [4.78, 5) is 0. The van der Waals surface area contributed by atoms with E-state index in [4.69, 9.17) is 11.6 Å². The van der Waals surface area contributed by atoms with Crippen LogP contribution in [0.2, 0.25) is 5.02 Å². The van der Waals surface area contributed by atoms with Gasteiger partial charge in [-0.3, -0.25) is 0 Å². The molecule has 0 radical (unpaired) electrons. The van der Waals surface area contributed by atoms with Gasteiger partial charge in [0.25, 0.3) is 0 Å². The van der Waals surface area contributed by atoms with Crippen molar-refractivity contribution in [2.24, 2.45) is 0 Å². The summed E-state index contributed by atoms with van der Waals surface area (Å²) in [5.74, 6) is 5.60. The molecule has 0 unspecified atom stereocenters. The summed E-state index contributed by atoms with van der Waals surface area (Å²) in [6.07, 6.45) is 1.21. The van der Waals surface area contributed by atoms with Crippen molar-refractivity contribution >= 4 is 27.1 Å². The van der Waals surface area contributed by atoms with E-state index >= 15 is 0 Å². The average Bonchev–Trinajstić information content (AvgIpc) is 2.20. The number of anilines is 1. The lowest BCUT2D eigenvalue weighted by Crippen LogP contribution is -2.06. The number of halogens is 1. The second-order valence-electron chi connectivity index (χ2n) is 3.65. The molecule has 0 aliphatic heterocycles. The predicted molar refractivity (Wildman–Crippen MR) is 71.9 cm³/mol. The van der Waals surface area contributed by atoms with Gasteiger partial charge in [0.15, 0.2) is 9.84 Å². The van der Waals surface area contributed by atoms with Crippen LogP contribution in [0.4, 0.5) is 5.69 Å². The van der Waals surface area contributed by atoms with Crippen LogP contribution in [-0.2, 0) is 15.6 Å². The molecule has 0 bridgehead atoms. The van der Waals surface area contributed by atoms with Gasteiger partial charge in [-0.15, -0.1) is 5.92 Å². The van der Waals surface area contributed by atoms with E-state index in [0.29, 0.717) is 22.8 Å². The Bertz CT molecular complexity index is 556. The maximum Gasteiger partial charge on any atom is 0.151 e. The van der Waals surface area contributed by atoms with Crippen molar-refractivity contribution in [1.82, 2.24) is 0 Å². The molecule has 0 amide bonds. The van der Waals surface area contributed by atoms with Crippen LogP contribution in [0, 0.1) is 11.8 Å². The molecule has 92 valence electrons. The van der Waals surface area contributed by atoms with Gasteiger partial charge in [0.2, 0.25) is 0 Å². The monoisotopic (exact) mass is 271 g/mol. The van der Waals surface area contributed by atoms with E-state index in [0.717, 1.165) is 0 Å². The first kappa shape index (κ1) is 13.9. The van der Waals surface area contributed by atoms with E-state index in [-0.39, 0.29) is 5.75 Å². The highest BCUT2D eigenvalue weighted by Gasteiger charge is 2.09. The molecule has 17 heavy (non-hydrogen) atoms. The Balaban J connectivity index is 2.98. The van der Waals surface area contributed by atoms with Crippen molar-refractivity contribution in [3.05, 3.63) is 28.8 Å². The molecule has 3 nitrogen and oxygen atoms in total. The van der Waals surface area contributed by atoms with E-state index < -0.39 is 9.84 Å². The van der Waals surface area contributed by atoms with E-state index in [9.17, 15) is 8.42 Å². The molecule has 1 aromatic carbocycles. The summed E-state index contributed by atoms with van der Waals surface area (Å²) < 4.78 is 22.6. The Morgan fingerprint density at radius 1 is 1.41 bits per heavy atom. The van der Waals surface area contributed by atoms with Crippen molar-refractivity contribution in [3.63, 3.8) is 0 Å². The molecule has 0 fully saturated rings. The molecule has 0 saturated carbocycles. The first-order chi connectivity index (χ1) is 7.92.